The highest BCUT2D eigenvalue weighted by Gasteiger charge is 2.23. The van der Waals surface area contributed by atoms with Crippen LogP contribution in [0, 0.1) is 13.8 Å². The van der Waals surface area contributed by atoms with E-state index in [4.69, 9.17) is 5.10 Å². The molecule has 2 aromatic rings. The van der Waals surface area contributed by atoms with Crippen LogP contribution in [0.15, 0.2) is 11.2 Å². The van der Waals surface area contributed by atoms with Gasteiger partial charge in [-0.3, -0.25) is 9.67 Å². The predicted molar refractivity (Wildman–Crippen MR) is 103 cm³/mol. The van der Waals surface area contributed by atoms with Crippen LogP contribution in [0.4, 0.5) is 0 Å². The Balaban J connectivity index is 1.58. The van der Waals surface area contributed by atoms with Crippen LogP contribution in [0.2, 0.25) is 0 Å². The van der Waals surface area contributed by atoms with E-state index in [0.29, 0.717) is 12.1 Å². The van der Waals surface area contributed by atoms with Crippen LogP contribution in [0.5, 0.6) is 0 Å². The highest BCUT2D eigenvalue weighted by molar-refractivity contribution is 7.11. The lowest BCUT2D eigenvalue weighted by Gasteiger charge is -2.24. The number of guanidine groups is 1. The van der Waals surface area contributed by atoms with Crippen LogP contribution in [-0.2, 0) is 19.4 Å². The topological polar surface area (TPSA) is 67.1 Å². The number of nitrogens with one attached hydrogen (secondary N) is 2. The number of hydrogen-bond acceptors (Lipinski definition) is 4. The van der Waals surface area contributed by atoms with Crippen LogP contribution in [0.3, 0.4) is 0 Å². The van der Waals surface area contributed by atoms with E-state index < -0.39 is 0 Å². The summed E-state index contributed by atoms with van der Waals surface area (Å²) in [7, 11) is 1.82. The van der Waals surface area contributed by atoms with E-state index in [1.165, 1.54) is 16.1 Å². The van der Waals surface area contributed by atoms with Crippen molar-refractivity contribution in [1.29, 1.82) is 0 Å². The van der Waals surface area contributed by atoms with Crippen molar-refractivity contribution >= 4 is 17.3 Å². The first-order valence-corrected chi connectivity index (χ1v) is 9.75. The Kier molecular flexibility index (Phi) is 5.42. The molecule has 6 nitrogen and oxygen atoms in total. The van der Waals surface area contributed by atoms with Crippen LogP contribution in [-0.4, -0.2) is 33.8 Å². The van der Waals surface area contributed by atoms with E-state index in [-0.39, 0.29) is 0 Å². The lowest BCUT2D eigenvalue weighted by atomic mass is 9.94. The van der Waals surface area contributed by atoms with E-state index in [2.05, 4.69) is 52.3 Å². The fourth-order valence-electron chi connectivity index (χ4n) is 3.19. The van der Waals surface area contributed by atoms with Gasteiger partial charge in [0.25, 0.3) is 0 Å². The monoisotopic (exact) mass is 360 g/mol. The van der Waals surface area contributed by atoms with Gasteiger partial charge in [0.05, 0.1) is 22.9 Å². The zero-order valence-corrected chi connectivity index (χ0v) is 16.6. The van der Waals surface area contributed by atoms with E-state index >= 15 is 0 Å². The molecule has 1 aliphatic rings. The molecule has 0 bridgehead atoms. The number of fused-ring (bicyclic) bond motifs is 1. The summed E-state index contributed by atoms with van der Waals surface area (Å²) < 4.78 is 2.08. The van der Waals surface area contributed by atoms with Gasteiger partial charge < -0.3 is 10.6 Å². The molecule has 0 aliphatic heterocycles. The third kappa shape index (κ3) is 4.21. The van der Waals surface area contributed by atoms with E-state index in [1.807, 2.05) is 14.0 Å². The quantitative estimate of drug-likeness (QED) is 0.650. The number of nitrogens with zero attached hydrogens (tertiary/aromatic N) is 4. The Morgan fingerprint density at radius 2 is 2.24 bits per heavy atom. The zero-order valence-electron chi connectivity index (χ0n) is 15.8. The number of aromatic nitrogens is 3. The maximum Gasteiger partial charge on any atom is 0.191 e. The van der Waals surface area contributed by atoms with Gasteiger partial charge in [0, 0.05) is 36.6 Å². The molecule has 1 unspecified atom stereocenters. The molecule has 136 valence electrons. The van der Waals surface area contributed by atoms with Crippen molar-refractivity contribution in [2.24, 2.45) is 4.99 Å². The van der Waals surface area contributed by atoms with Crippen molar-refractivity contribution in [2.45, 2.75) is 65.6 Å². The Morgan fingerprint density at radius 1 is 1.44 bits per heavy atom. The molecule has 2 aromatic heterocycles. The van der Waals surface area contributed by atoms with E-state index in [0.717, 1.165) is 42.5 Å². The van der Waals surface area contributed by atoms with Crippen molar-refractivity contribution in [3.63, 3.8) is 0 Å². The highest BCUT2D eigenvalue weighted by Crippen LogP contribution is 2.22. The van der Waals surface area contributed by atoms with Crippen LogP contribution >= 0.6 is 11.3 Å². The SMILES string of the molecule is CN=C(NCc1sc(C)nc1C)NC1CCc2cn(C(C)C)nc2C1. The van der Waals surface area contributed by atoms with Crippen molar-refractivity contribution < 1.29 is 0 Å². The van der Waals surface area contributed by atoms with Crippen molar-refractivity contribution in [3.8, 4) is 0 Å². The first-order valence-electron chi connectivity index (χ1n) is 8.93. The van der Waals surface area contributed by atoms with Gasteiger partial charge >= 0.3 is 0 Å². The fourth-order valence-corrected chi connectivity index (χ4v) is 4.07. The second kappa shape index (κ2) is 7.56. The second-order valence-corrected chi connectivity index (χ2v) is 8.21. The molecular weight excluding hydrogens is 332 g/mol. The molecule has 1 atom stereocenters. The van der Waals surface area contributed by atoms with Crippen molar-refractivity contribution in [3.05, 3.63) is 33.0 Å². The highest BCUT2D eigenvalue weighted by atomic mass is 32.1. The summed E-state index contributed by atoms with van der Waals surface area (Å²) >= 11 is 1.74. The number of aryl methyl sites for hydroxylation is 3. The molecule has 0 spiro atoms. The van der Waals surface area contributed by atoms with Gasteiger partial charge in [-0.15, -0.1) is 11.3 Å². The number of thiazole rings is 1. The first-order chi connectivity index (χ1) is 12.0. The molecule has 7 heteroatoms. The fraction of sp³-hybridized carbons (Fsp3) is 0.611. The average Bonchev–Trinajstić information content (AvgIpc) is 3.13. The summed E-state index contributed by atoms with van der Waals surface area (Å²) in [5, 5.41) is 12.8. The zero-order chi connectivity index (χ0) is 18.0. The largest absolute Gasteiger partial charge is 0.353 e. The van der Waals surface area contributed by atoms with Crippen molar-refractivity contribution in [1.82, 2.24) is 25.4 Å². The van der Waals surface area contributed by atoms with Gasteiger partial charge in [-0.25, -0.2) is 4.98 Å². The molecule has 0 saturated heterocycles. The van der Waals surface area contributed by atoms with Gasteiger partial charge in [0.2, 0.25) is 0 Å². The molecule has 0 saturated carbocycles. The Labute approximate surface area is 153 Å². The van der Waals surface area contributed by atoms with Gasteiger partial charge in [-0.1, -0.05) is 0 Å². The minimum absolute atomic E-state index is 0.374. The van der Waals surface area contributed by atoms with Gasteiger partial charge in [0.15, 0.2) is 5.96 Å². The standard InChI is InChI=1S/C18H28N6S/c1-11(2)24-10-14-6-7-15(8-16(14)23-24)22-18(19-5)20-9-17-12(3)21-13(4)25-17/h10-11,15H,6-9H2,1-5H3,(H2,19,20,22). The van der Waals surface area contributed by atoms with E-state index in [1.54, 1.807) is 11.3 Å². The normalized spacial score (nSPS) is 17.7. The Hall–Kier alpha value is -1.89. The Bertz CT molecular complexity index is 758. The minimum Gasteiger partial charge on any atom is -0.353 e. The summed E-state index contributed by atoms with van der Waals surface area (Å²) in [4.78, 5) is 10.1. The molecule has 1 aliphatic carbocycles. The summed E-state index contributed by atoms with van der Waals surface area (Å²) in [5.41, 5.74) is 3.72. The van der Waals surface area contributed by atoms with Crippen molar-refractivity contribution in [2.75, 3.05) is 7.05 Å². The van der Waals surface area contributed by atoms with E-state index in [9.17, 15) is 0 Å². The molecule has 0 amide bonds. The minimum atomic E-state index is 0.374. The average molecular weight is 361 g/mol. The Morgan fingerprint density at radius 3 is 2.88 bits per heavy atom. The molecule has 0 radical (unpaired) electrons. The van der Waals surface area contributed by atoms with Crippen LogP contribution in [0.1, 0.15) is 53.1 Å². The molecule has 0 aromatic carbocycles. The third-order valence-electron chi connectivity index (χ3n) is 4.61. The molecule has 2 N–H and O–H groups in total. The van der Waals surface area contributed by atoms with Gasteiger partial charge in [0.1, 0.15) is 0 Å². The number of aliphatic imine (C=N–C) groups is 1. The van der Waals surface area contributed by atoms with Crippen LogP contribution < -0.4 is 10.6 Å². The van der Waals surface area contributed by atoms with Gasteiger partial charge in [-0.05, 0) is 46.1 Å². The molecule has 25 heavy (non-hydrogen) atoms. The molecule has 3 rings (SSSR count). The molecule has 0 fully saturated rings. The molecule has 2 heterocycles. The third-order valence-corrected chi connectivity index (χ3v) is 5.68. The summed E-state index contributed by atoms with van der Waals surface area (Å²) in [5.74, 6) is 0.849. The lowest BCUT2D eigenvalue weighted by molar-refractivity contribution is 0.499. The smallest absolute Gasteiger partial charge is 0.191 e. The van der Waals surface area contributed by atoms with Crippen LogP contribution in [0.25, 0.3) is 0 Å². The molecular formula is C18H28N6S. The number of rotatable bonds is 4. The van der Waals surface area contributed by atoms with Gasteiger partial charge in [-0.2, -0.15) is 5.10 Å². The lowest BCUT2D eigenvalue weighted by Crippen LogP contribution is -2.45. The summed E-state index contributed by atoms with van der Waals surface area (Å²) in [6, 6.07) is 0.788. The summed E-state index contributed by atoms with van der Waals surface area (Å²) in [6.45, 7) is 9.21. The maximum atomic E-state index is 4.75. The maximum absolute atomic E-state index is 4.75. The predicted octanol–water partition coefficient (Wildman–Crippen LogP) is 2.76. The number of hydrogen-bond donors (Lipinski definition) is 2. The summed E-state index contributed by atoms with van der Waals surface area (Å²) in [6.07, 6.45) is 5.34. The first kappa shape index (κ1) is 17.9. The second-order valence-electron chi connectivity index (χ2n) is 6.93.